The molecule has 0 radical (unpaired) electrons. The molecular formula is C27H22N2O2. The number of hydrogen-bond acceptors (Lipinski definition) is 2. The Hall–Kier alpha value is -4.18. The van der Waals surface area contributed by atoms with Crippen LogP contribution >= 0.6 is 0 Å². The summed E-state index contributed by atoms with van der Waals surface area (Å²) in [5.74, 6) is -0.217. The number of carbonyl (C=O) groups is 1. The Morgan fingerprint density at radius 1 is 0.839 bits per heavy atom. The number of carbonyl (C=O) groups excluding carboxylic acids is 1. The maximum absolute atomic E-state index is 12.3. The molecule has 4 heteroatoms. The molecule has 2 N–H and O–H groups in total. The quantitative estimate of drug-likeness (QED) is 0.420. The van der Waals surface area contributed by atoms with Gasteiger partial charge in [0, 0.05) is 23.5 Å². The predicted molar refractivity (Wildman–Crippen MR) is 127 cm³/mol. The Balaban J connectivity index is 1.43. The molecule has 3 aromatic carbocycles. The number of H-pyrrole nitrogens is 1. The molecule has 1 amide bonds. The first-order valence-corrected chi connectivity index (χ1v) is 10.0. The standard InChI is InChI=1S/C27H22N2O2/c1-19-7-10-21(11-8-19)23-5-2-4-20(18-23)9-16-26(30)29-24-14-12-22(13-15-24)25-6-3-17-28-27(25)31/h2-18H,1H3,(H,28,31)(H,29,30)/b16-9+. The first-order valence-electron chi connectivity index (χ1n) is 10.0. The summed E-state index contributed by atoms with van der Waals surface area (Å²) in [7, 11) is 0. The largest absolute Gasteiger partial charge is 0.329 e. The lowest BCUT2D eigenvalue weighted by Gasteiger charge is -2.05. The van der Waals surface area contributed by atoms with Gasteiger partial charge >= 0.3 is 0 Å². The van der Waals surface area contributed by atoms with E-state index < -0.39 is 0 Å². The molecule has 0 aliphatic heterocycles. The van der Waals surface area contributed by atoms with Crippen LogP contribution in [0.2, 0.25) is 0 Å². The van der Waals surface area contributed by atoms with E-state index in [4.69, 9.17) is 0 Å². The Kier molecular flexibility index (Phi) is 5.90. The van der Waals surface area contributed by atoms with E-state index >= 15 is 0 Å². The number of hydrogen-bond donors (Lipinski definition) is 2. The van der Waals surface area contributed by atoms with E-state index in [2.05, 4.69) is 53.6 Å². The summed E-state index contributed by atoms with van der Waals surface area (Å²) < 4.78 is 0. The van der Waals surface area contributed by atoms with Gasteiger partial charge in [-0.3, -0.25) is 9.59 Å². The van der Waals surface area contributed by atoms with Gasteiger partial charge in [-0.25, -0.2) is 0 Å². The van der Waals surface area contributed by atoms with E-state index in [1.807, 2.05) is 24.3 Å². The second kappa shape index (κ2) is 9.09. The van der Waals surface area contributed by atoms with Crippen molar-refractivity contribution in [2.75, 3.05) is 5.32 Å². The smallest absolute Gasteiger partial charge is 0.255 e. The van der Waals surface area contributed by atoms with Crippen molar-refractivity contribution < 1.29 is 4.79 Å². The van der Waals surface area contributed by atoms with E-state index in [1.54, 1.807) is 36.5 Å². The van der Waals surface area contributed by atoms with E-state index in [1.165, 1.54) is 11.6 Å². The zero-order chi connectivity index (χ0) is 21.6. The molecule has 152 valence electrons. The molecular weight excluding hydrogens is 384 g/mol. The highest BCUT2D eigenvalue weighted by Gasteiger charge is 2.04. The van der Waals surface area contributed by atoms with Crippen molar-refractivity contribution in [2.24, 2.45) is 0 Å². The molecule has 0 unspecified atom stereocenters. The zero-order valence-electron chi connectivity index (χ0n) is 17.1. The van der Waals surface area contributed by atoms with Crippen LogP contribution in [0.3, 0.4) is 0 Å². The number of amides is 1. The SMILES string of the molecule is Cc1ccc(-c2cccc(/C=C/C(=O)Nc3ccc(-c4ccc[nH]c4=O)cc3)c2)cc1. The molecule has 0 fully saturated rings. The summed E-state index contributed by atoms with van der Waals surface area (Å²) in [5, 5.41) is 2.85. The molecule has 1 heterocycles. The molecule has 4 aromatic rings. The van der Waals surface area contributed by atoms with Gasteiger partial charge in [0.15, 0.2) is 0 Å². The van der Waals surface area contributed by atoms with Crippen molar-refractivity contribution in [3.05, 3.63) is 119 Å². The topological polar surface area (TPSA) is 62.0 Å². The highest BCUT2D eigenvalue weighted by atomic mass is 16.1. The van der Waals surface area contributed by atoms with Crippen LogP contribution in [0.15, 0.2) is 102 Å². The summed E-state index contributed by atoms with van der Waals surface area (Å²) >= 11 is 0. The average molecular weight is 406 g/mol. The number of rotatable bonds is 5. The van der Waals surface area contributed by atoms with Crippen molar-refractivity contribution in [1.29, 1.82) is 0 Å². The lowest BCUT2D eigenvalue weighted by atomic mass is 10.0. The van der Waals surface area contributed by atoms with E-state index in [0.29, 0.717) is 11.3 Å². The molecule has 0 saturated heterocycles. The average Bonchev–Trinajstić information content (AvgIpc) is 2.79. The fourth-order valence-electron chi connectivity index (χ4n) is 3.31. The van der Waals surface area contributed by atoms with Gasteiger partial charge in [-0.1, -0.05) is 60.2 Å². The lowest BCUT2D eigenvalue weighted by molar-refractivity contribution is -0.111. The third-order valence-corrected chi connectivity index (χ3v) is 4.98. The molecule has 0 bridgehead atoms. The monoisotopic (exact) mass is 406 g/mol. The van der Waals surface area contributed by atoms with Crippen LogP contribution in [0.5, 0.6) is 0 Å². The van der Waals surface area contributed by atoms with Crippen molar-refractivity contribution in [3.63, 3.8) is 0 Å². The van der Waals surface area contributed by atoms with Crippen LogP contribution in [0.4, 0.5) is 5.69 Å². The van der Waals surface area contributed by atoms with Gasteiger partial charge < -0.3 is 10.3 Å². The van der Waals surface area contributed by atoms with Gasteiger partial charge in [-0.15, -0.1) is 0 Å². The molecule has 31 heavy (non-hydrogen) atoms. The first-order chi connectivity index (χ1) is 15.1. The highest BCUT2D eigenvalue weighted by molar-refractivity contribution is 6.02. The molecule has 0 spiro atoms. The Labute approximate surface area is 180 Å². The van der Waals surface area contributed by atoms with E-state index in [-0.39, 0.29) is 11.5 Å². The van der Waals surface area contributed by atoms with Crippen LogP contribution < -0.4 is 10.9 Å². The van der Waals surface area contributed by atoms with Crippen LogP contribution in [-0.2, 0) is 4.79 Å². The van der Waals surface area contributed by atoms with Crippen molar-refractivity contribution in [3.8, 4) is 22.3 Å². The number of nitrogens with one attached hydrogen (secondary N) is 2. The molecule has 0 saturated carbocycles. The van der Waals surface area contributed by atoms with Gasteiger partial charge in [0.2, 0.25) is 5.91 Å². The predicted octanol–water partition coefficient (Wildman–Crippen LogP) is 5.67. The summed E-state index contributed by atoms with van der Waals surface area (Å²) in [5.41, 5.74) is 6.33. The Morgan fingerprint density at radius 2 is 1.58 bits per heavy atom. The van der Waals surface area contributed by atoms with Crippen molar-refractivity contribution in [2.45, 2.75) is 6.92 Å². The minimum Gasteiger partial charge on any atom is -0.329 e. The zero-order valence-corrected chi connectivity index (χ0v) is 17.1. The molecule has 0 atom stereocenters. The molecule has 1 aromatic heterocycles. The number of aryl methyl sites for hydroxylation is 1. The van der Waals surface area contributed by atoms with E-state index in [9.17, 15) is 9.59 Å². The second-order valence-corrected chi connectivity index (χ2v) is 7.30. The minimum atomic E-state index is -0.217. The second-order valence-electron chi connectivity index (χ2n) is 7.30. The van der Waals surface area contributed by atoms with Gasteiger partial charge in [-0.2, -0.15) is 0 Å². The van der Waals surface area contributed by atoms with Gasteiger partial charge in [0.05, 0.1) is 0 Å². The fraction of sp³-hybridized carbons (Fsp3) is 0.0370. The molecule has 4 nitrogen and oxygen atoms in total. The Morgan fingerprint density at radius 3 is 2.32 bits per heavy atom. The summed E-state index contributed by atoms with van der Waals surface area (Å²) in [4.78, 5) is 26.9. The summed E-state index contributed by atoms with van der Waals surface area (Å²) in [6.07, 6.45) is 4.91. The number of aromatic nitrogens is 1. The highest BCUT2D eigenvalue weighted by Crippen LogP contribution is 2.22. The summed E-state index contributed by atoms with van der Waals surface area (Å²) in [6.45, 7) is 2.07. The van der Waals surface area contributed by atoms with Gasteiger partial charge in [0.1, 0.15) is 0 Å². The maximum atomic E-state index is 12.3. The van der Waals surface area contributed by atoms with Crippen LogP contribution in [0.25, 0.3) is 28.3 Å². The number of benzene rings is 3. The van der Waals surface area contributed by atoms with E-state index in [0.717, 1.165) is 22.3 Å². The van der Waals surface area contributed by atoms with Crippen LogP contribution in [0, 0.1) is 6.92 Å². The van der Waals surface area contributed by atoms with Gasteiger partial charge in [-0.05, 0) is 65.6 Å². The van der Waals surface area contributed by atoms with Gasteiger partial charge in [0.25, 0.3) is 5.56 Å². The summed E-state index contributed by atoms with van der Waals surface area (Å²) in [6, 6.07) is 27.2. The third-order valence-electron chi connectivity index (χ3n) is 4.98. The minimum absolute atomic E-state index is 0.143. The third kappa shape index (κ3) is 5.06. The molecule has 4 rings (SSSR count). The lowest BCUT2D eigenvalue weighted by Crippen LogP contribution is -2.08. The van der Waals surface area contributed by atoms with Crippen LogP contribution in [0.1, 0.15) is 11.1 Å². The first kappa shape index (κ1) is 20.1. The van der Waals surface area contributed by atoms with Crippen molar-refractivity contribution in [1.82, 2.24) is 4.98 Å². The maximum Gasteiger partial charge on any atom is 0.255 e. The number of pyridine rings is 1. The molecule has 0 aliphatic carbocycles. The van der Waals surface area contributed by atoms with Crippen molar-refractivity contribution >= 4 is 17.7 Å². The van der Waals surface area contributed by atoms with Crippen LogP contribution in [-0.4, -0.2) is 10.9 Å². The normalized spacial score (nSPS) is 10.9. The Bertz CT molecular complexity index is 1280. The number of aromatic amines is 1. The molecule has 0 aliphatic rings. The fourth-order valence-corrected chi connectivity index (χ4v) is 3.31. The number of anilines is 1.